The molecule has 0 aromatic carbocycles. The monoisotopic (exact) mass is 666 g/mol. The van der Waals surface area contributed by atoms with E-state index in [1.807, 2.05) is 0 Å². The zero-order chi connectivity index (χ0) is 25.0. The van der Waals surface area contributed by atoms with Crippen LogP contribution in [0.25, 0.3) is 0 Å². The third-order valence-corrected chi connectivity index (χ3v) is 0. The van der Waals surface area contributed by atoms with E-state index in [4.69, 9.17) is 98.4 Å². The minimum atomic E-state index is -3.13. The van der Waals surface area contributed by atoms with Crippen molar-refractivity contribution in [3.8, 4) is 0 Å². The fraction of sp³-hybridized carbons (Fsp3) is 0. The van der Waals surface area contributed by atoms with Crippen LogP contribution in [-0.2, 0) is 31.2 Å². The Bertz CT molecular complexity index is 343. The van der Waals surface area contributed by atoms with E-state index in [0.29, 0.717) is 0 Å². The summed E-state index contributed by atoms with van der Waals surface area (Å²) >= 11 is 0. The molecule has 0 aromatic rings. The van der Waals surface area contributed by atoms with Crippen LogP contribution < -0.4 is 148 Å². The summed E-state index contributed by atoms with van der Waals surface area (Å²) < 4.78 is 61.2. The van der Waals surface area contributed by atoms with E-state index < -0.39 is 64.2 Å². The van der Waals surface area contributed by atoms with Gasteiger partial charge in [-0.05, 0) is 0 Å². The van der Waals surface area contributed by atoms with Crippen LogP contribution in [0.2, 0.25) is 0 Å². The van der Waals surface area contributed by atoms with Gasteiger partial charge >= 0.3 is 212 Å². The first-order chi connectivity index (χ1) is 12.1. The maximum Gasteiger partial charge on any atom is 1.00 e. The molecule has 0 aliphatic carbocycles. The van der Waals surface area contributed by atoms with Crippen LogP contribution in [0, 0.1) is 0 Å². The Morgan fingerprint density at radius 3 is 0.242 bits per heavy atom. The molecule has 21 nitrogen and oxygen atoms in total. The fourth-order valence-corrected chi connectivity index (χ4v) is 0. The first-order valence-corrected chi connectivity index (χ1v) is 13.7. The summed E-state index contributed by atoms with van der Waals surface area (Å²) in [4.78, 5) is 100. The topological polar surface area (TPSA) is 403 Å². The van der Waals surface area contributed by atoms with Gasteiger partial charge in [-0.3, -0.25) is 31.2 Å². The Balaban J connectivity index is -0.00000000865. The van der Waals surface area contributed by atoms with Crippen LogP contribution in [0.3, 0.4) is 0 Å². The summed E-state index contributed by atoms with van der Waals surface area (Å²) in [7, 11) is -21.9. The van der Waals surface area contributed by atoms with Crippen molar-refractivity contribution in [1.82, 2.24) is 0 Å². The summed E-state index contributed by atoms with van der Waals surface area (Å²) in [6.07, 6.45) is 0. The van der Waals surface area contributed by atoms with E-state index in [1.165, 1.54) is 0 Å². The zero-order valence-electron chi connectivity index (χ0n) is 22.6. The molecule has 0 aromatic heterocycles. The Labute approximate surface area is 312 Å². The van der Waals surface area contributed by atoms with Crippen molar-refractivity contribution in [1.29, 1.82) is 0 Å². The predicted octanol–water partition coefficient (Wildman–Crippen LogP) is -25.7. The average molecular weight is 667 g/mol. The van der Waals surface area contributed by atoms with Crippen molar-refractivity contribution >= 4 is 64.2 Å². The van der Waals surface area contributed by atoms with Gasteiger partial charge in [-0.15, -0.1) is 0 Å². The predicted molar refractivity (Wildman–Crippen MR) is 81.7 cm³/mol. The van der Waals surface area contributed by atoms with E-state index in [0.717, 1.165) is 0 Å². The molecular weight excluding hydrogens is 648 g/mol. The normalized spacial score (nSPS) is 5.09. The van der Waals surface area contributed by atoms with Gasteiger partial charge < -0.3 is 74.3 Å². The van der Waals surface area contributed by atoms with Gasteiger partial charge in [-0.1, -0.05) is 0 Å². The molecular formula is H19Na5O21Si7. The molecule has 0 spiro atoms. The molecule has 33 heavy (non-hydrogen) atoms. The van der Waals surface area contributed by atoms with Gasteiger partial charge in [0, 0.05) is 0 Å². The second kappa shape index (κ2) is 70.1. The van der Waals surface area contributed by atoms with Crippen LogP contribution in [-0.4, -0.2) is 131 Å². The number of hydrogen-bond acceptors (Lipinski definition) is 7. The van der Waals surface area contributed by atoms with Gasteiger partial charge in [-0.2, -0.15) is 0 Å². The van der Waals surface area contributed by atoms with Crippen LogP contribution in [0.4, 0.5) is 0 Å². The van der Waals surface area contributed by atoms with Gasteiger partial charge in [0.25, 0.3) is 0 Å². The SMILES string of the molecule is O=[Si](O)O.O=[Si](O)O.O=[Si](O)O.O=[Si](O)O.O=[Si](O)O.O=[Si](O)O.O=[Si](O)O.[H-].[H-].[H-].[H-].[H-].[Na+].[Na+].[Na+].[Na+].[Na+]. The van der Waals surface area contributed by atoms with Crippen LogP contribution in [0.5, 0.6) is 0 Å². The molecule has 14 N–H and O–H groups in total. The molecule has 0 aliphatic heterocycles. The van der Waals surface area contributed by atoms with Crippen molar-refractivity contribution < 1.29 is 253 Å². The average Bonchev–Trinajstić information content (AvgIpc) is 2.20. The fourth-order valence-electron chi connectivity index (χ4n) is 0. The van der Waals surface area contributed by atoms with E-state index in [9.17, 15) is 0 Å². The Kier molecular flexibility index (Phi) is 162. The summed E-state index contributed by atoms with van der Waals surface area (Å²) in [5, 5.41) is 0. The molecule has 0 saturated heterocycles. The van der Waals surface area contributed by atoms with E-state index in [2.05, 4.69) is 0 Å². The Morgan fingerprint density at radius 1 is 0.242 bits per heavy atom. The third-order valence-electron chi connectivity index (χ3n) is 0. The maximum absolute atomic E-state index is 8.74. The number of hydrogen-bond donors (Lipinski definition) is 14. The maximum atomic E-state index is 8.74. The van der Waals surface area contributed by atoms with E-state index in [-0.39, 0.29) is 155 Å². The molecule has 0 unspecified atom stereocenters. The first kappa shape index (κ1) is 76.5. The van der Waals surface area contributed by atoms with Crippen molar-refractivity contribution in [2.24, 2.45) is 0 Å². The largest absolute Gasteiger partial charge is 1.00 e. The van der Waals surface area contributed by atoms with E-state index >= 15 is 0 Å². The second-order valence-electron chi connectivity index (χ2n) is 1.98. The molecule has 0 bridgehead atoms. The summed E-state index contributed by atoms with van der Waals surface area (Å²) in [6, 6.07) is 0. The summed E-state index contributed by atoms with van der Waals surface area (Å²) in [5.74, 6) is 0. The van der Waals surface area contributed by atoms with Crippen LogP contribution in [0.15, 0.2) is 0 Å². The second-order valence-corrected chi connectivity index (χ2v) is 5.93. The molecule has 0 saturated carbocycles. The standard InChI is InChI=1S/5Na.7H2O3Si.5H/c;;;;;7*1-4(2)3;;;;;/h;;;;;7*1-2H;;;;;/q5*+1;;;;;;;;5*-1. The zero-order valence-corrected chi connectivity index (χ0v) is 34.6. The van der Waals surface area contributed by atoms with Gasteiger partial charge in [0.2, 0.25) is 0 Å². The number of rotatable bonds is 0. The molecule has 0 amide bonds. The van der Waals surface area contributed by atoms with Gasteiger partial charge in [0.15, 0.2) is 0 Å². The third kappa shape index (κ3) is 6670. The first-order valence-electron chi connectivity index (χ1n) is 4.56. The summed E-state index contributed by atoms with van der Waals surface area (Å²) in [6.45, 7) is 0. The van der Waals surface area contributed by atoms with Gasteiger partial charge in [0.05, 0.1) is 0 Å². The Morgan fingerprint density at radius 2 is 0.242 bits per heavy atom. The molecule has 0 heterocycles. The van der Waals surface area contributed by atoms with Gasteiger partial charge in [-0.25, -0.2) is 0 Å². The van der Waals surface area contributed by atoms with Crippen LogP contribution >= 0.6 is 0 Å². The minimum Gasteiger partial charge on any atom is -1.00 e. The van der Waals surface area contributed by atoms with Crippen molar-refractivity contribution in [2.45, 2.75) is 0 Å². The minimum absolute atomic E-state index is 0. The van der Waals surface area contributed by atoms with Gasteiger partial charge in [0.1, 0.15) is 0 Å². The smallest absolute Gasteiger partial charge is 1.00 e. The van der Waals surface area contributed by atoms with Crippen molar-refractivity contribution in [2.75, 3.05) is 0 Å². The van der Waals surface area contributed by atoms with E-state index in [1.54, 1.807) is 0 Å². The molecule has 0 radical (unpaired) electrons. The quantitative estimate of drug-likeness (QED) is 0.107. The molecule has 178 valence electrons. The Hall–Kier alpha value is 2.32. The molecule has 0 rings (SSSR count). The molecule has 0 fully saturated rings. The molecule has 0 atom stereocenters. The molecule has 33 heteroatoms. The van der Waals surface area contributed by atoms with Crippen LogP contribution in [0.1, 0.15) is 7.13 Å². The molecule has 0 aliphatic rings. The van der Waals surface area contributed by atoms with Crippen molar-refractivity contribution in [3.63, 3.8) is 0 Å². The summed E-state index contributed by atoms with van der Waals surface area (Å²) in [5.41, 5.74) is 0. The van der Waals surface area contributed by atoms with Crippen molar-refractivity contribution in [3.05, 3.63) is 0 Å².